The Labute approximate surface area is 270 Å². The van der Waals surface area contributed by atoms with Crippen molar-refractivity contribution in [1.82, 2.24) is 5.32 Å². The lowest BCUT2D eigenvalue weighted by atomic mass is 9.52. The van der Waals surface area contributed by atoms with Crippen LogP contribution in [0.1, 0.15) is 90.2 Å². The molecule has 7 nitrogen and oxygen atoms in total. The van der Waals surface area contributed by atoms with Gasteiger partial charge in [-0.15, -0.1) is 0 Å². The van der Waals surface area contributed by atoms with Crippen molar-refractivity contribution in [2.75, 3.05) is 27.9 Å². The summed E-state index contributed by atoms with van der Waals surface area (Å²) in [6.07, 6.45) is 10.4. The molecule has 45 heavy (non-hydrogen) atoms. The molecule has 2 bridgehead atoms. The second kappa shape index (κ2) is 13.4. The summed E-state index contributed by atoms with van der Waals surface area (Å²) in [5, 5.41) is 4.17. The standard InChI is InChI=1S/C29H43NO4.C9H12O2/c1-27(2)14-20-15-28(3,4)18-29(16-20,17-27)30-22-7-9-23(22)34-24-8-6-19(13-25(24)32-5)12-21-10-11-33-26(21)31;1-7-4-5-8(10-2)9(6-7)11-3/h6,8,13,20-23,30H,7,9-12,14-18H2,1-5H3;4-6H,1-3H3. The van der Waals surface area contributed by atoms with Gasteiger partial charge in [-0.1, -0.05) is 39.8 Å². The van der Waals surface area contributed by atoms with E-state index in [4.69, 9.17) is 23.7 Å². The molecule has 3 unspecified atom stereocenters. The summed E-state index contributed by atoms with van der Waals surface area (Å²) in [6, 6.07) is 12.3. The van der Waals surface area contributed by atoms with Crippen LogP contribution in [0.3, 0.4) is 0 Å². The first-order valence-corrected chi connectivity index (χ1v) is 16.8. The molecule has 0 radical (unpaired) electrons. The van der Waals surface area contributed by atoms with E-state index < -0.39 is 0 Å². The number of cyclic esters (lactones) is 1. The van der Waals surface area contributed by atoms with Gasteiger partial charge < -0.3 is 29.0 Å². The normalized spacial score (nSPS) is 29.4. The van der Waals surface area contributed by atoms with E-state index in [1.807, 2.05) is 37.3 Å². The highest BCUT2D eigenvalue weighted by Crippen LogP contribution is 2.56. The number of nitrogens with one attached hydrogen (secondary N) is 1. The Hall–Kier alpha value is -2.93. The average molecular weight is 622 g/mol. The lowest BCUT2D eigenvalue weighted by Crippen LogP contribution is -2.65. The zero-order valence-electron chi connectivity index (χ0n) is 28.8. The third kappa shape index (κ3) is 8.08. The molecule has 6 rings (SSSR count). The van der Waals surface area contributed by atoms with Crippen molar-refractivity contribution in [3.8, 4) is 23.0 Å². The lowest BCUT2D eigenvalue weighted by molar-refractivity contribution is -0.141. The minimum absolute atomic E-state index is 0.0424. The van der Waals surface area contributed by atoms with Crippen LogP contribution >= 0.6 is 0 Å². The molecule has 1 saturated heterocycles. The maximum absolute atomic E-state index is 11.9. The molecule has 4 aliphatic rings. The predicted octanol–water partition coefficient (Wildman–Crippen LogP) is 7.70. The molecule has 248 valence electrons. The van der Waals surface area contributed by atoms with Crippen LogP contribution in [0.25, 0.3) is 0 Å². The van der Waals surface area contributed by atoms with Gasteiger partial charge in [-0.25, -0.2) is 0 Å². The van der Waals surface area contributed by atoms with Gasteiger partial charge in [-0.3, -0.25) is 4.79 Å². The Morgan fingerprint density at radius 2 is 1.44 bits per heavy atom. The van der Waals surface area contributed by atoms with E-state index in [1.165, 1.54) is 44.1 Å². The molecule has 4 fully saturated rings. The summed E-state index contributed by atoms with van der Waals surface area (Å²) in [7, 11) is 4.96. The first-order valence-electron chi connectivity index (χ1n) is 16.8. The molecule has 3 aliphatic carbocycles. The van der Waals surface area contributed by atoms with E-state index in [0.717, 1.165) is 47.3 Å². The number of aryl methyl sites for hydroxylation is 1. The summed E-state index contributed by atoms with van der Waals surface area (Å²) in [5.41, 5.74) is 3.29. The summed E-state index contributed by atoms with van der Waals surface area (Å²) >= 11 is 0. The maximum Gasteiger partial charge on any atom is 0.309 e. The molecule has 1 N–H and O–H groups in total. The first-order chi connectivity index (χ1) is 21.3. The van der Waals surface area contributed by atoms with Gasteiger partial charge in [0.2, 0.25) is 0 Å². The van der Waals surface area contributed by atoms with E-state index >= 15 is 0 Å². The molecule has 3 saturated carbocycles. The molecule has 0 aromatic heterocycles. The van der Waals surface area contributed by atoms with Gasteiger partial charge in [0.15, 0.2) is 23.0 Å². The minimum Gasteiger partial charge on any atom is -0.493 e. The molecule has 1 aliphatic heterocycles. The number of carbonyl (C=O) groups excluding carboxylic acids is 1. The van der Waals surface area contributed by atoms with Crippen molar-refractivity contribution in [2.45, 2.75) is 110 Å². The monoisotopic (exact) mass is 621 g/mol. The predicted molar refractivity (Wildman–Crippen MR) is 177 cm³/mol. The van der Waals surface area contributed by atoms with Gasteiger partial charge in [-0.05, 0) is 117 Å². The summed E-state index contributed by atoms with van der Waals surface area (Å²) in [4.78, 5) is 11.9. The fourth-order valence-corrected chi connectivity index (χ4v) is 8.90. The fraction of sp³-hybridized carbons (Fsp3) is 0.658. The smallest absolute Gasteiger partial charge is 0.309 e. The van der Waals surface area contributed by atoms with E-state index in [-0.39, 0.29) is 23.5 Å². The quantitative estimate of drug-likeness (QED) is 0.288. The van der Waals surface area contributed by atoms with E-state index in [0.29, 0.717) is 29.9 Å². The molecule has 0 amide bonds. The second-order valence-corrected chi connectivity index (χ2v) is 15.6. The highest BCUT2D eigenvalue weighted by Gasteiger charge is 2.53. The maximum atomic E-state index is 11.9. The van der Waals surface area contributed by atoms with Crippen LogP contribution in [0.4, 0.5) is 0 Å². The fourth-order valence-electron chi connectivity index (χ4n) is 8.90. The van der Waals surface area contributed by atoms with Gasteiger partial charge in [0, 0.05) is 11.6 Å². The number of benzene rings is 2. The number of fused-ring (bicyclic) bond motifs is 2. The summed E-state index contributed by atoms with van der Waals surface area (Å²) in [5.74, 6) is 3.82. The SMILES string of the molecule is COc1cc(CC2CCOC2=O)ccc1OC1CCC1NC12CC(CC(C)(C)C1)CC(C)(C)C2.COc1ccc(C)cc1OC. The van der Waals surface area contributed by atoms with Gasteiger partial charge in [-0.2, -0.15) is 0 Å². The second-order valence-electron chi connectivity index (χ2n) is 15.6. The first kappa shape index (κ1) is 33.4. The van der Waals surface area contributed by atoms with Crippen molar-refractivity contribution in [3.63, 3.8) is 0 Å². The van der Waals surface area contributed by atoms with Crippen LogP contribution in [0.15, 0.2) is 36.4 Å². The Balaban J connectivity index is 0.000000309. The van der Waals surface area contributed by atoms with E-state index in [2.05, 4.69) is 39.1 Å². The zero-order chi connectivity index (χ0) is 32.4. The summed E-state index contributed by atoms with van der Waals surface area (Å²) in [6.45, 7) is 12.4. The Bertz CT molecular complexity index is 1320. The van der Waals surface area contributed by atoms with Crippen LogP contribution < -0.4 is 24.3 Å². The largest absolute Gasteiger partial charge is 0.493 e. The van der Waals surface area contributed by atoms with E-state index in [9.17, 15) is 4.79 Å². The zero-order valence-corrected chi connectivity index (χ0v) is 28.8. The lowest BCUT2D eigenvalue weighted by Gasteiger charge is -2.59. The number of ether oxygens (including phenoxy) is 5. The Morgan fingerprint density at radius 3 is 2.02 bits per heavy atom. The van der Waals surface area contributed by atoms with Crippen molar-refractivity contribution >= 4 is 5.97 Å². The molecule has 1 heterocycles. The van der Waals surface area contributed by atoms with Crippen molar-refractivity contribution < 1.29 is 28.5 Å². The van der Waals surface area contributed by atoms with Crippen molar-refractivity contribution in [1.29, 1.82) is 0 Å². The Morgan fingerprint density at radius 1 is 0.800 bits per heavy atom. The highest BCUT2D eigenvalue weighted by atomic mass is 16.5. The molecular formula is C38H55NO6. The number of methoxy groups -OCH3 is 3. The summed E-state index contributed by atoms with van der Waals surface area (Å²) < 4.78 is 27.5. The third-order valence-corrected chi connectivity index (χ3v) is 10.3. The number of carbonyl (C=O) groups is 1. The average Bonchev–Trinajstić information content (AvgIpc) is 3.36. The third-order valence-electron chi connectivity index (χ3n) is 10.3. The van der Waals surface area contributed by atoms with Crippen LogP contribution in [-0.4, -0.2) is 51.6 Å². The molecule has 3 atom stereocenters. The van der Waals surface area contributed by atoms with Crippen LogP contribution in [0.5, 0.6) is 23.0 Å². The van der Waals surface area contributed by atoms with Crippen molar-refractivity contribution in [2.24, 2.45) is 22.7 Å². The molecule has 2 aromatic rings. The number of rotatable bonds is 9. The minimum atomic E-state index is -0.0823. The van der Waals surface area contributed by atoms with Crippen LogP contribution in [-0.2, 0) is 16.0 Å². The van der Waals surface area contributed by atoms with Gasteiger partial charge in [0.25, 0.3) is 0 Å². The Kier molecular flexibility index (Phi) is 9.98. The van der Waals surface area contributed by atoms with Gasteiger partial charge >= 0.3 is 5.97 Å². The molecule has 7 heteroatoms. The highest BCUT2D eigenvalue weighted by molar-refractivity contribution is 5.74. The molecule has 0 spiro atoms. The number of hydrogen-bond donors (Lipinski definition) is 1. The molecule has 2 aromatic carbocycles. The number of esters is 1. The van der Waals surface area contributed by atoms with Crippen molar-refractivity contribution in [3.05, 3.63) is 47.5 Å². The van der Waals surface area contributed by atoms with Gasteiger partial charge in [0.05, 0.1) is 33.9 Å². The topological polar surface area (TPSA) is 75.3 Å². The van der Waals surface area contributed by atoms with Crippen LogP contribution in [0.2, 0.25) is 0 Å². The van der Waals surface area contributed by atoms with Gasteiger partial charge in [0.1, 0.15) is 6.10 Å². The number of hydrogen-bond acceptors (Lipinski definition) is 7. The molecular weight excluding hydrogens is 566 g/mol. The van der Waals surface area contributed by atoms with E-state index in [1.54, 1.807) is 21.3 Å². The van der Waals surface area contributed by atoms with Crippen LogP contribution in [0, 0.1) is 29.6 Å².